The fraction of sp³-hybridized carbons (Fsp3) is 0.429. The summed E-state index contributed by atoms with van der Waals surface area (Å²) in [7, 11) is 0. The molecular weight excluding hydrogens is 242 g/mol. The van der Waals surface area contributed by atoms with E-state index in [0.717, 1.165) is 36.3 Å². The summed E-state index contributed by atoms with van der Waals surface area (Å²) < 4.78 is 0. The zero-order valence-corrected chi connectivity index (χ0v) is 10.7. The van der Waals surface area contributed by atoms with Gasteiger partial charge in [0.25, 0.3) is 0 Å². The second-order valence-electron chi connectivity index (χ2n) is 5.11. The normalized spacial score (nSPS) is 18.2. The Morgan fingerprint density at radius 2 is 2.16 bits per heavy atom. The van der Waals surface area contributed by atoms with E-state index in [9.17, 15) is 9.59 Å². The van der Waals surface area contributed by atoms with Gasteiger partial charge in [-0.1, -0.05) is 12.1 Å². The number of hydrogen-bond donors (Lipinski definition) is 3. The first-order valence-electron chi connectivity index (χ1n) is 6.62. The third kappa shape index (κ3) is 2.61. The third-order valence-electron chi connectivity index (χ3n) is 3.68. The summed E-state index contributed by atoms with van der Waals surface area (Å²) in [6.45, 7) is 2.11. The van der Waals surface area contributed by atoms with E-state index in [1.807, 2.05) is 12.1 Å². The van der Waals surface area contributed by atoms with Crippen molar-refractivity contribution in [3.05, 3.63) is 29.3 Å². The first-order chi connectivity index (χ1) is 9.22. The number of nitrogens with one attached hydrogen (secondary N) is 3. The van der Waals surface area contributed by atoms with Gasteiger partial charge in [-0.2, -0.15) is 0 Å². The Morgan fingerprint density at radius 3 is 2.89 bits per heavy atom. The Bertz CT molecular complexity index is 523. The van der Waals surface area contributed by atoms with Gasteiger partial charge in [0, 0.05) is 31.7 Å². The molecule has 3 N–H and O–H groups in total. The van der Waals surface area contributed by atoms with Gasteiger partial charge in [0.05, 0.1) is 5.92 Å². The topological polar surface area (TPSA) is 70.2 Å². The highest BCUT2D eigenvalue weighted by Gasteiger charge is 2.24. The van der Waals surface area contributed by atoms with E-state index in [4.69, 9.17) is 0 Å². The van der Waals surface area contributed by atoms with Crippen LogP contribution < -0.4 is 16.0 Å². The SMILES string of the molecule is O=C1CCc2cc(CNC(=O)C3CNC3)ccc2N1. The zero-order valence-electron chi connectivity index (χ0n) is 10.7. The Labute approximate surface area is 111 Å². The van der Waals surface area contributed by atoms with Gasteiger partial charge in [-0.3, -0.25) is 9.59 Å². The molecule has 1 aromatic carbocycles. The summed E-state index contributed by atoms with van der Waals surface area (Å²) in [4.78, 5) is 23.0. The van der Waals surface area contributed by atoms with Crippen molar-refractivity contribution in [2.24, 2.45) is 5.92 Å². The number of anilines is 1. The first-order valence-corrected chi connectivity index (χ1v) is 6.62. The maximum Gasteiger partial charge on any atom is 0.225 e. The van der Waals surface area contributed by atoms with Gasteiger partial charge in [0.15, 0.2) is 0 Å². The average molecular weight is 259 g/mol. The van der Waals surface area contributed by atoms with Crippen LogP contribution >= 0.6 is 0 Å². The molecule has 5 nitrogen and oxygen atoms in total. The summed E-state index contributed by atoms with van der Waals surface area (Å²) >= 11 is 0. The van der Waals surface area contributed by atoms with Gasteiger partial charge in [-0.15, -0.1) is 0 Å². The van der Waals surface area contributed by atoms with E-state index in [-0.39, 0.29) is 17.7 Å². The maximum absolute atomic E-state index is 11.7. The van der Waals surface area contributed by atoms with Crippen LogP contribution in [0, 0.1) is 5.92 Å². The molecule has 0 saturated carbocycles. The van der Waals surface area contributed by atoms with Gasteiger partial charge >= 0.3 is 0 Å². The van der Waals surface area contributed by atoms with Crippen molar-refractivity contribution in [2.45, 2.75) is 19.4 Å². The molecule has 1 fully saturated rings. The van der Waals surface area contributed by atoms with Crippen LogP contribution in [0.4, 0.5) is 5.69 Å². The number of aryl methyl sites for hydroxylation is 1. The Balaban J connectivity index is 1.62. The minimum atomic E-state index is 0.0750. The highest BCUT2D eigenvalue weighted by molar-refractivity contribution is 5.93. The smallest absolute Gasteiger partial charge is 0.225 e. The minimum absolute atomic E-state index is 0.0750. The predicted octanol–water partition coefficient (Wildman–Crippen LogP) is 0.407. The fourth-order valence-electron chi connectivity index (χ4n) is 2.35. The molecule has 0 aliphatic carbocycles. The van der Waals surface area contributed by atoms with Crippen molar-refractivity contribution < 1.29 is 9.59 Å². The second kappa shape index (κ2) is 5.01. The van der Waals surface area contributed by atoms with Crippen LogP contribution in [-0.4, -0.2) is 24.9 Å². The van der Waals surface area contributed by atoms with E-state index in [1.165, 1.54) is 0 Å². The Kier molecular flexibility index (Phi) is 3.21. The number of carbonyl (C=O) groups excluding carboxylic acids is 2. The average Bonchev–Trinajstić information content (AvgIpc) is 2.34. The summed E-state index contributed by atoms with van der Waals surface area (Å²) in [6.07, 6.45) is 1.31. The highest BCUT2D eigenvalue weighted by Crippen LogP contribution is 2.23. The molecule has 2 aliphatic rings. The van der Waals surface area contributed by atoms with E-state index >= 15 is 0 Å². The van der Waals surface area contributed by atoms with E-state index in [0.29, 0.717) is 13.0 Å². The largest absolute Gasteiger partial charge is 0.352 e. The molecule has 0 unspecified atom stereocenters. The third-order valence-corrected chi connectivity index (χ3v) is 3.68. The summed E-state index contributed by atoms with van der Waals surface area (Å²) in [5.74, 6) is 0.313. The van der Waals surface area contributed by atoms with Crippen LogP contribution in [0.25, 0.3) is 0 Å². The van der Waals surface area contributed by atoms with Crippen LogP contribution in [0.2, 0.25) is 0 Å². The van der Waals surface area contributed by atoms with Gasteiger partial charge in [-0.05, 0) is 23.6 Å². The Morgan fingerprint density at radius 1 is 1.32 bits per heavy atom. The van der Waals surface area contributed by atoms with E-state index < -0.39 is 0 Å². The highest BCUT2D eigenvalue weighted by atomic mass is 16.2. The molecule has 0 atom stereocenters. The van der Waals surface area contributed by atoms with Crippen molar-refractivity contribution in [2.75, 3.05) is 18.4 Å². The van der Waals surface area contributed by atoms with Gasteiger partial charge in [0.2, 0.25) is 11.8 Å². The monoisotopic (exact) mass is 259 g/mol. The molecule has 3 rings (SSSR count). The summed E-state index contributed by atoms with van der Waals surface area (Å²) in [5.41, 5.74) is 3.13. The molecule has 2 amide bonds. The molecule has 0 bridgehead atoms. The number of hydrogen-bond acceptors (Lipinski definition) is 3. The summed E-state index contributed by atoms with van der Waals surface area (Å²) in [5, 5.41) is 8.89. The number of amides is 2. The molecule has 0 spiro atoms. The number of fused-ring (bicyclic) bond motifs is 1. The fourth-order valence-corrected chi connectivity index (χ4v) is 2.35. The first kappa shape index (κ1) is 12.2. The molecular formula is C14H17N3O2. The molecule has 1 saturated heterocycles. The van der Waals surface area contributed by atoms with Crippen molar-refractivity contribution >= 4 is 17.5 Å². The molecule has 5 heteroatoms. The molecule has 100 valence electrons. The molecule has 0 radical (unpaired) electrons. The van der Waals surface area contributed by atoms with Crippen molar-refractivity contribution in [1.82, 2.24) is 10.6 Å². The van der Waals surface area contributed by atoms with E-state index in [1.54, 1.807) is 0 Å². The molecule has 0 aromatic heterocycles. The Hall–Kier alpha value is -1.88. The molecule has 2 aliphatic heterocycles. The van der Waals surface area contributed by atoms with Gasteiger partial charge in [0.1, 0.15) is 0 Å². The lowest BCUT2D eigenvalue weighted by Crippen LogP contribution is -2.50. The van der Waals surface area contributed by atoms with Crippen LogP contribution in [0.1, 0.15) is 17.5 Å². The zero-order chi connectivity index (χ0) is 13.2. The van der Waals surface area contributed by atoms with E-state index in [2.05, 4.69) is 22.0 Å². The van der Waals surface area contributed by atoms with Crippen LogP contribution in [0.3, 0.4) is 0 Å². The minimum Gasteiger partial charge on any atom is -0.352 e. The van der Waals surface area contributed by atoms with Crippen molar-refractivity contribution in [3.63, 3.8) is 0 Å². The molecule has 2 heterocycles. The number of benzene rings is 1. The van der Waals surface area contributed by atoms with Crippen LogP contribution in [0.5, 0.6) is 0 Å². The second-order valence-corrected chi connectivity index (χ2v) is 5.11. The van der Waals surface area contributed by atoms with Crippen LogP contribution in [0.15, 0.2) is 18.2 Å². The van der Waals surface area contributed by atoms with Crippen molar-refractivity contribution in [1.29, 1.82) is 0 Å². The lowest BCUT2D eigenvalue weighted by atomic mass is 10.00. The van der Waals surface area contributed by atoms with Crippen molar-refractivity contribution in [3.8, 4) is 0 Å². The maximum atomic E-state index is 11.7. The molecule has 1 aromatic rings. The number of carbonyl (C=O) groups is 2. The predicted molar refractivity (Wildman–Crippen MR) is 71.6 cm³/mol. The van der Waals surface area contributed by atoms with Gasteiger partial charge in [-0.25, -0.2) is 0 Å². The summed E-state index contributed by atoms with van der Waals surface area (Å²) in [6, 6.07) is 5.93. The lowest BCUT2D eigenvalue weighted by molar-refractivity contribution is -0.126. The standard InChI is InChI=1S/C14H17N3O2/c18-13-4-2-10-5-9(1-3-12(10)17-13)6-16-14(19)11-7-15-8-11/h1,3,5,11,15H,2,4,6-8H2,(H,16,19)(H,17,18). The molecule has 19 heavy (non-hydrogen) atoms. The quantitative estimate of drug-likeness (QED) is 0.736. The lowest BCUT2D eigenvalue weighted by Gasteiger charge is -2.26. The number of rotatable bonds is 3. The van der Waals surface area contributed by atoms with Gasteiger partial charge < -0.3 is 16.0 Å². The van der Waals surface area contributed by atoms with Crippen LogP contribution in [-0.2, 0) is 22.6 Å².